The first-order chi connectivity index (χ1) is 9.09. The van der Waals surface area contributed by atoms with Crippen molar-refractivity contribution in [3.8, 4) is 11.3 Å². The van der Waals surface area contributed by atoms with E-state index < -0.39 is 0 Å². The number of hydrogen-bond acceptors (Lipinski definition) is 3. The molecule has 102 valence electrons. The summed E-state index contributed by atoms with van der Waals surface area (Å²) in [5.74, 6) is 0.855. The smallest absolute Gasteiger partial charge is 0.181 e. The van der Waals surface area contributed by atoms with E-state index in [0.717, 1.165) is 12.2 Å². The van der Waals surface area contributed by atoms with Crippen LogP contribution in [0, 0.1) is 11.7 Å². The highest BCUT2D eigenvalue weighted by Crippen LogP contribution is 2.32. The van der Waals surface area contributed by atoms with Gasteiger partial charge in [0.25, 0.3) is 0 Å². The molecule has 0 spiro atoms. The fourth-order valence-corrected chi connectivity index (χ4v) is 2.22. The van der Waals surface area contributed by atoms with Gasteiger partial charge in [-0.05, 0) is 40.5 Å². The summed E-state index contributed by atoms with van der Waals surface area (Å²) in [4.78, 5) is 4.19. The number of nitrogens with zero attached hydrogens (tertiary/aromatic N) is 1. The summed E-state index contributed by atoms with van der Waals surface area (Å²) in [6.45, 7) is 5.78. The quantitative estimate of drug-likeness (QED) is 0.902. The molecule has 0 radical (unpaired) electrons. The Labute approximate surface area is 120 Å². The van der Waals surface area contributed by atoms with Crippen molar-refractivity contribution in [2.75, 3.05) is 6.54 Å². The van der Waals surface area contributed by atoms with Crippen LogP contribution in [0.3, 0.4) is 0 Å². The van der Waals surface area contributed by atoms with Gasteiger partial charge in [0.15, 0.2) is 12.2 Å². The van der Waals surface area contributed by atoms with Gasteiger partial charge >= 0.3 is 0 Å². The Morgan fingerprint density at radius 3 is 2.95 bits per heavy atom. The Balaban J connectivity index is 2.21. The predicted octanol–water partition coefficient (Wildman–Crippen LogP) is 3.99. The van der Waals surface area contributed by atoms with Crippen LogP contribution in [0.5, 0.6) is 0 Å². The van der Waals surface area contributed by atoms with Gasteiger partial charge in [0, 0.05) is 12.1 Å². The maximum atomic E-state index is 13.5. The van der Waals surface area contributed by atoms with Crippen molar-refractivity contribution in [1.29, 1.82) is 0 Å². The van der Waals surface area contributed by atoms with Gasteiger partial charge in [-0.1, -0.05) is 19.9 Å². The van der Waals surface area contributed by atoms with Crippen molar-refractivity contribution < 1.29 is 8.81 Å². The Kier molecular flexibility index (Phi) is 4.71. The average Bonchev–Trinajstić information content (AvgIpc) is 2.80. The molecule has 0 amide bonds. The van der Waals surface area contributed by atoms with Crippen molar-refractivity contribution in [3.05, 3.63) is 40.6 Å². The summed E-state index contributed by atoms with van der Waals surface area (Å²) >= 11 is 3.24. The zero-order chi connectivity index (χ0) is 13.8. The summed E-state index contributed by atoms with van der Waals surface area (Å²) in [7, 11) is 0. The number of aromatic nitrogens is 1. The SMILES string of the molecule is CC(C)CNCc1ncoc1-c1cccc(F)c1Br. The number of rotatable bonds is 5. The maximum Gasteiger partial charge on any atom is 0.181 e. The van der Waals surface area contributed by atoms with Crippen LogP contribution in [0.15, 0.2) is 33.5 Å². The number of oxazole rings is 1. The van der Waals surface area contributed by atoms with E-state index in [9.17, 15) is 4.39 Å². The zero-order valence-electron chi connectivity index (χ0n) is 10.9. The van der Waals surface area contributed by atoms with E-state index in [2.05, 4.69) is 40.1 Å². The minimum Gasteiger partial charge on any atom is -0.443 e. The molecule has 5 heteroatoms. The van der Waals surface area contributed by atoms with Crippen molar-refractivity contribution >= 4 is 15.9 Å². The van der Waals surface area contributed by atoms with E-state index in [1.165, 1.54) is 12.5 Å². The van der Waals surface area contributed by atoms with Crippen LogP contribution in [0.1, 0.15) is 19.5 Å². The van der Waals surface area contributed by atoms with E-state index in [1.54, 1.807) is 12.1 Å². The van der Waals surface area contributed by atoms with E-state index in [1.807, 2.05) is 0 Å². The summed E-state index contributed by atoms with van der Waals surface area (Å²) in [6.07, 6.45) is 1.39. The molecule has 0 aliphatic heterocycles. The molecular formula is C14H16BrFN2O. The third-order valence-corrected chi connectivity index (χ3v) is 3.49. The molecule has 0 unspecified atom stereocenters. The van der Waals surface area contributed by atoms with Crippen molar-refractivity contribution in [1.82, 2.24) is 10.3 Å². The van der Waals surface area contributed by atoms with Gasteiger partial charge in [-0.25, -0.2) is 9.37 Å². The standard InChI is InChI=1S/C14H16BrFN2O/c1-9(2)6-17-7-12-14(19-8-18-12)10-4-3-5-11(16)13(10)15/h3-5,8-9,17H,6-7H2,1-2H3. The molecular weight excluding hydrogens is 311 g/mol. The van der Waals surface area contributed by atoms with Gasteiger partial charge in [-0.15, -0.1) is 0 Å². The monoisotopic (exact) mass is 326 g/mol. The molecule has 1 N–H and O–H groups in total. The summed E-state index contributed by atoms with van der Waals surface area (Å²) in [6, 6.07) is 4.86. The van der Waals surface area contributed by atoms with Crippen LogP contribution < -0.4 is 5.32 Å². The molecule has 0 aliphatic carbocycles. The highest BCUT2D eigenvalue weighted by Gasteiger charge is 2.15. The second kappa shape index (κ2) is 6.30. The van der Waals surface area contributed by atoms with Crippen molar-refractivity contribution in [2.24, 2.45) is 5.92 Å². The first-order valence-corrected chi connectivity index (χ1v) is 6.96. The van der Waals surface area contributed by atoms with Crippen LogP contribution >= 0.6 is 15.9 Å². The first-order valence-electron chi connectivity index (χ1n) is 6.17. The molecule has 1 aromatic heterocycles. The molecule has 2 aromatic rings. The summed E-state index contributed by atoms with van der Waals surface area (Å²) in [5, 5.41) is 3.30. The molecule has 0 saturated heterocycles. The normalized spacial score (nSPS) is 11.2. The first kappa shape index (κ1) is 14.2. The Bertz CT molecular complexity index is 554. The van der Waals surface area contributed by atoms with Gasteiger partial charge in [-0.2, -0.15) is 0 Å². The highest BCUT2D eigenvalue weighted by atomic mass is 79.9. The lowest BCUT2D eigenvalue weighted by atomic mass is 10.1. The van der Waals surface area contributed by atoms with E-state index >= 15 is 0 Å². The fourth-order valence-electron chi connectivity index (χ4n) is 1.77. The zero-order valence-corrected chi connectivity index (χ0v) is 12.5. The van der Waals surface area contributed by atoms with Crippen LogP contribution in [0.2, 0.25) is 0 Å². The summed E-state index contributed by atoms with van der Waals surface area (Å²) < 4.78 is 19.3. The van der Waals surface area contributed by atoms with Gasteiger partial charge < -0.3 is 9.73 Å². The van der Waals surface area contributed by atoms with Crippen molar-refractivity contribution in [2.45, 2.75) is 20.4 Å². The van der Waals surface area contributed by atoms with Crippen LogP contribution in [0.25, 0.3) is 11.3 Å². The molecule has 3 nitrogen and oxygen atoms in total. The topological polar surface area (TPSA) is 38.1 Å². The van der Waals surface area contributed by atoms with E-state index in [0.29, 0.717) is 28.3 Å². The molecule has 1 heterocycles. The van der Waals surface area contributed by atoms with Gasteiger partial charge in [0.05, 0.1) is 4.47 Å². The predicted molar refractivity (Wildman–Crippen MR) is 76.1 cm³/mol. The molecule has 0 aliphatic rings. The third-order valence-electron chi connectivity index (χ3n) is 2.68. The maximum absolute atomic E-state index is 13.5. The average molecular weight is 327 g/mol. The Morgan fingerprint density at radius 2 is 2.21 bits per heavy atom. The largest absolute Gasteiger partial charge is 0.443 e. The third kappa shape index (κ3) is 3.42. The Morgan fingerprint density at radius 1 is 1.42 bits per heavy atom. The van der Waals surface area contributed by atoms with Gasteiger partial charge in [-0.3, -0.25) is 0 Å². The fraction of sp³-hybridized carbons (Fsp3) is 0.357. The molecule has 0 fully saturated rings. The molecule has 2 rings (SSSR count). The lowest BCUT2D eigenvalue weighted by Gasteiger charge is -2.07. The highest BCUT2D eigenvalue weighted by molar-refractivity contribution is 9.10. The molecule has 19 heavy (non-hydrogen) atoms. The lowest BCUT2D eigenvalue weighted by Crippen LogP contribution is -2.19. The number of halogens is 2. The molecule has 0 bridgehead atoms. The van der Waals surface area contributed by atoms with Gasteiger partial charge in [0.1, 0.15) is 11.5 Å². The second-order valence-electron chi connectivity index (χ2n) is 4.75. The Hall–Kier alpha value is -1.20. The number of hydrogen-bond donors (Lipinski definition) is 1. The van der Waals surface area contributed by atoms with E-state index in [-0.39, 0.29) is 5.82 Å². The van der Waals surface area contributed by atoms with Crippen LogP contribution in [0.4, 0.5) is 4.39 Å². The molecule has 1 aromatic carbocycles. The van der Waals surface area contributed by atoms with Crippen molar-refractivity contribution in [3.63, 3.8) is 0 Å². The van der Waals surface area contributed by atoms with Crippen LogP contribution in [-0.2, 0) is 6.54 Å². The van der Waals surface area contributed by atoms with Crippen LogP contribution in [-0.4, -0.2) is 11.5 Å². The summed E-state index contributed by atoms with van der Waals surface area (Å²) in [5.41, 5.74) is 1.46. The van der Waals surface area contributed by atoms with E-state index in [4.69, 9.17) is 4.42 Å². The molecule has 0 atom stereocenters. The minimum absolute atomic E-state index is 0.310. The second-order valence-corrected chi connectivity index (χ2v) is 5.55. The molecule has 0 saturated carbocycles. The minimum atomic E-state index is -0.310. The number of benzene rings is 1. The van der Waals surface area contributed by atoms with Gasteiger partial charge in [0.2, 0.25) is 0 Å². The lowest BCUT2D eigenvalue weighted by molar-refractivity contribution is 0.544. The number of nitrogens with one attached hydrogen (secondary N) is 1.